The third-order valence-corrected chi connectivity index (χ3v) is 4.24. The van der Waals surface area contributed by atoms with Gasteiger partial charge in [0.05, 0.1) is 0 Å². The largest absolute Gasteiger partial charge is 0.300 e. The van der Waals surface area contributed by atoms with Crippen molar-refractivity contribution in [1.82, 2.24) is 0 Å². The molecule has 0 heterocycles. The Balaban J connectivity index is 4.17. The molecule has 19 heavy (non-hydrogen) atoms. The Bertz CT molecular complexity index is 321. The number of thioether (sulfide) groups is 1. The van der Waals surface area contributed by atoms with E-state index in [4.69, 9.17) is 0 Å². The van der Waals surface area contributed by atoms with Crippen LogP contribution in [0.5, 0.6) is 0 Å². The predicted molar refractivity (Wildman–Crippen MR) is 80.5 cm³/mol. The summed E-state index contributed by atoms with van der Waals surface area (Å²) in [6.45, 7) is 9.36. The molecule has 0 radical (unpaired) electrons. The van der Waals surface area contributed by atoms with Gasteiger partial charge < -0.3 is 0 Å². The number of carbonyl (C=O) groups is 3. The molecule has 3 nitrogen and oxygen atoms in total. The van der Waals surface area contributed by atoms with Gasteiger partial charge in [-0.1, -0.05) is 27.7 Å². The Morgan fingerprint density at radius 1 is 1.00 bits per heavy atom. The number of carbonyl (C=O) groups excluding carboxylic acids is 3. The smallest absolute Gasteiger partial charge is 0.135 e. The van der Waals surface area contributed by atoms with Crippen molar-refractivity contribution < 1.29 is 14.4 Å². The normalized spacial score (nSPS) is 12.8. The van der Waals surface area contributed by atoms with Crippen molar-refractivity contribution in [3.8, 4) is 0 Å². The second-order valence-corrected chi connectivity index (χ2v) is 7.16. The summed E-state index contributed by atoms with van der Waals surface area (Å²) in [6, 6.07) is 0. The minimum Gasteiger partial charge on any atom is -0.300 e. The first kappa shape index (κ1) is 18.4. The second kappa shape index (κ2) is 9.29. The van der Waals surface area contributed by atoms with Gasteiger partial charge in [0.25, 0.3) is 0 Å². The van der Waals surface area contributed by atoms with Gasteiger partial charge in [-0.2, -0.15) is 11.8 Å². The van der Waals surface area contributed by atoms with Crippen LogP contribution in [0.1, 0.15) is 53.9 Å². The Morgan fingerprint density at radius 3 is 2.00 bits per heavy atom. The maximum Gasteiger partial charge on any atom is 0.135 e. The van der Waals surface area contributed by atoms with E-state index in [1.54, 1.807) is 11.8 Å². The average Bonchev–Trinajstić information content (AvgIpc) is 2.30. The lowest BCUT2D eigenvalue weighted by Gasteiger charge is -2.14. The third kappa shape index (κ3) is 8.98. The van der Waals surface area contributed by atoms with Crippen LogP contribution >= 0.6 is 11.8 Å². The summed E-state index contributed by atoms with van der Waals surface area (Å²) in [6.07, 6.45) is 0.853. The molecule has 0 N–H and O–H groups in total. The van der Waals surface area contributed by atoms with Crippen LogP contribution in [-0.4, -0.2) is 28.4 Å². The van der Waals surface area contributed by atoms with Crippen molar-refractivity contribution in [2.24, 2.45) is 11.8 Å². The molecular formula is C15H26O3S. The highest BCUT2D eigenvalue weighted by molar-refractivity contribution is 7.99. The molecule has 0 bridgehead atoms. The summed E-state index contributed by atoms with van der Waals surface area (Å²) in [5, 5.41) is 0.458. The Morgan fingerprint density at radius 2 is 1.58 bits per heavy atom. The number of rotatable bonds is 10. The topological polar surface area (TPSA) is 51.2 Å². The Labute approximate surface area is 120 Å². The van der Waals surface area contributed by atoms with E-state index in [0.717, 1.165) is 0 Å². The van der Waals surface area contributed by atoms with Crippen LogP contribution < -0.4 is 0 Å². The summed E-state index contributed by atoms with van der Waals surface area (Å²) in [4.78, 5) is 34.8. The molecule has 1 atom stereocenters. The van der Waals surface area contributed by atoms with E-state index in [0.29, 0.717) is 17.4 Å². The minimum atomic E-state index is -0.200. The molecule has 0 saturated carbocycles. The van der Waals surface area contributed by atoms with E-state index < -0.39 is 0 Å². The lowest BCUT2D eigenvalue weighted by atomic mass is 9.96. The summed E-state index contributed by atoms with van der Waals surface area (Å²) in [7, 11) is 0. The van der Waals surface area contributed by atoms with E-state index >= 15 is 0 Å². The average molecular weight is 286 g/mol. The molecule has 0 aromatic rings. The fourth-order valence-electron chi connectivity index (χ4n) is 1.56. The van der Waals surface area contributed by atoms with Crippen LogP contribution in [0.4, 0.5) is 0 Å². The summed E-state index contributed by atoms with van der Waals surface area (Å²) >= 11 is 1.70. The highest BCUT2D eigenvalue weighted by Crippen LogP contribution is 2.19. The van der Waals surface area contributed by atoms with Gasteiger partial charge in [0, 0.05) is 36.9 Å². The molecule has 0 spiro atoms. The van der Waals surface area contributed by atoms with Gasteiger partial charge in [0.1, 0.15) is 17.3 Å². The standard InChI is InChI=1S/C15H26O3S/c1-10(2)15(18)7-6-14(17)8-13(12(5)16)9-19-11(3)4/h10-11,13H,6-9H2,1-5H3. The quantitative estimate of drug-likeness (QED) is 0.618. The van der Waals surface area contributed by atoms with Gasteiger partial charge in [0.15, 0.2) is 0 Å². The monoisotopic (exact) mass is 286 g/mol. The zero-order chi connectivity index (χ0) is 15.0. The third-order valence-electron chi connectivity index (χ3n) is 2.97. The first-order valence-corrected chi connectivity index (χ1v) is 7.95. The van der Waals surface area contributed by atoms with E-state index in [-0.39, 0.29) is 42.0 Å². The Kier molecular flexibility index (Phi) is 8.98. The molecule has 0 rings (SSSR count). The number of Topliss-reactive ketones (excluding diaryl/α,β-unsaturated/α-hetero) is 3. The summed E-state index contributed by atoms with van der Waals surface area (Å²) < 4.78 is 0. The maximum absolute atomic E-state index is 11.8. The highest BCUT2D eigenvalue weighted by Gasteiger charge is 2.20. The van der Waals surface area contributed by atoms with Gasteiger partial charge in [-0.25, -0.2) is 0 Å². The van der Waals surface area contributed by atoms with Crippen LogP contribution in [0, 0.1) is 11.8 Å². The molecule has 0 aliphatic rings. The van der Waals surface area contributed by atoms with Crippen molar-refractivity contribution in [1.29, 1.82) is 0 Å². The van der Waals surface area contributed by atoms with E-state index in [9.17, 15) is 14.4 Å². The second-order valence-electron chi connectivity index (χ2n) is 5.55. The fraction of sp³-hybridized carbons (Fsp3) is 0.800. The summed E-state index contributed by atoms with van der Waals surface area (Å²) in [5.74, 6) is 0.679. The molecule has 0 saturated heterocycles. The van der Waals surface area contributed by atoms with Crippen molar-refractivity contribution >= 4 is 29.1 Å². The van der Waals surface area contributed by atoms with Crippen LogP contribution in [0.2, 0.25) is 0 Å². The number of hydrogen-bond donors (Lipinski definition) is 0. The van der Waals surface area contributed by atoms with Gasteiger partial charge in [-0.3, -0.25) is 14.4 Å². The van der Waals surface area contributed by atoms with E-state index in [2.05, 4.69) is 13.8 Å². The molecule has 110 valence electrons. The lowest BCUT2D eigenvalue weighted by Crippen LogP contribution is -2.20. The molecule has 0 fully saturated rings. The number of hydrogen-bond acceptors (Lipinski definition) is 4. The zero-order valence-corrected chi connectivity index (χ0v) is 13.5. The zero-order valence-electron chi connectivity index (χ0n) is 12.7. The molecule has 0 aliphatic heterocycles. The molecule has 4 heteroatoms. The Hall–Kier alpha value is -0.640. The van der Waals surface area contributed by atoms with Crippen LogP contribution in [0.3, 0.4) is 0 Å². The molecule has 0 amide bonds. The van der Waals surface area contributed by atoms with Crippen molar-refractivity contribution in [2.45, 2.75) is 59.1 Å². The van der Waals surface area contributed by atoms with Crippen LogP contribution in [0.15, 0.2) is 0 Å². The molecular weight excluding hydrogens is 260 g/mol. The van der Waals surface area contributed by atoms with E-state index in [1.165, 1.54) is 6.92 Å². The SMILES string of the molecule is CC(=O)C(CSC(C)C)CC(=O)CCC(=O)C(C)C. The maximum atomic E-state index is 11.8. The first-order valence-electron chi connectivity index (χ1n) is 6.90. The molecule has 0 aliphatic carbocycles. The van der Waals surface area contributed by atoms with Gasteiger partial charge in [-0.05, 0) is 12.2 Å². The highest BCUT2D eigenvalue weighted by atomic mass is 32.2. The van der Waals surface area contributed by atoms with Crippen LogP contribution in [0.25, 0.3) is 0 Å². The fourth-order valence-corrected chi connectivity index (χ4v) is 2.53. The number of ketones is 3. The van der Waals surface area contributed by atoms with Crippen LogP contribution in [-0.2, 0) is 14.4 Å². The minimum absolute atomic E-state index is 0.0205. The van der Waals surface area contributed by atoms with Gasteiger partial charge in [-0.15, -0.1) is 0 Å². The summed E-state index contributed by atoms with van der Waals surface area (Å²) in [5.41, 5.74) is 0. The van der Waals surface area contributed by atoms with Crippen molar-refractivity contribution in [2.75, 3.05) is 5.75 Å². The van der Waals surface area contributed by atoms with Gasteiger partial charge >= 0.3 is 0 Å². The molecule has 1 unspecified atom stereocenters. The van der Waals surface area contributed by atoms with Gasteiger partial charge in [0.2, 0.25) is 0 Å². The lowest BCUT2D eigenvalue weighted by molar-refractivity contribution is -0.128. The first-order chi connectivity index (χ1) is 8.73. The van der Waals surface area contributed by atoms with E-state index in [1.807, 2.05) is 13.8 Å². The predicted octanol–water partition coefficient (Wildman–Crippen LogP) is 3.30. The van der Waals surface area contributed by atoms with Crippen molar-refractivity contribution in [3.63, 3.8) is 0 Å². The molecule has 0 aromatic carbocycles. The van der Waals surface area contributed by atoms with Crippen molar-refractivity contribution in [3.05, 3.63) is 0 Å². The molecule has 0 aromatic heterocycles.